The van der Waals surface area contributed by atoms with Crippen molar-refractivity contribution in [3.05, 3.63) is 83.9 Å². The lowest BCUT2D eigenvalue weighted by atomic mass is 9.76. The number of nitrogens with one attached hydrogen (secondary N) is 9. The van der Waals surface area contributed by atoms with Crippen molar-refractivity contribution in [1.29, 1.82) is 0 Å². The molecule has 5 atom stereocenters. The van der Waals surface area contributed by atoms with Gasteiger partial charge >= 0.3 is 0 Å². The zero-order valence-electron chi connectivity index (χ0n) is 57.0. The number of methoxy groups -OCH3 is 1. The number of ether oxygens (including phenoxy) is 2. The van der Waals surface area contributed by atoms with Crippen LogP contribution >= 0.6 is 0 Å². The van der Waals surface area contributed by atoms with Gasteiger partial charge < -0.3 is 67.1 Å². The summed E-state index contributed by atoms with van der Waals surface area (Å²) in [4.78, 5) is 144. The van der Waals surface area contributed by atoms with Gasteiger partial charge in [-0.05, 0) is 179 Å². The molecule has 1 aliphatic carbocycles. The van der Waals surface area contributed by atoms with Crippen molar-refractivity contribution >= 4 is 59.1 Å². The summed E-state index contributed by atoms with van der Waals surface area (Å²) < 4.78 is 11.5. The molecule has 1 heterocycles. The first-order chi connectivity index (χ1) is 43.0. The Kier molecular flexibility index (Phi) is 26.7. The summed E-state index contributed by atoms with van der Waals surface area (Å²) in [7, 11) is 5.50. The fourth-order valence-corrected chi connectivity index (χ4v) is 11.1. The van der Waals surface area contributed by atoms with E-state index in [4.69, 9.17) is 9.47 Å². The van der Waals surface area contributed by atoms with Crippen molar-refractivity contribution in [1.82, 2.24) is 57.7 Å². The third-order valence-electron chi connectivity index (χ3n) is 16.4. The Hall–Kier alpha value is -8.08. The van der Waals surface area contributed by atoms with E-state index in [1.165, 1.54) is 46.4 Å². The van der Waals surface area contributed by atoms with Crippen LogP contribution in [0.25, 0.3) is 11.1 Å². The molecule has 1 saturated heterocycles. The van der Waals surface area contributed by atoms with Crippen molar-refractivity contribution < 1.29 is 57.4 Å². The van der Waals surface area contributed by atoms with Crippen LogP contribution in [0.2, 0.25) is 0 Å². The molecule has 0 bridgehead atoms. The zero-order chi connectivity index (χ0) is 68.5. The molecule has 92 heavy (non-hydrogen) atoms. The van der Waals surface area contributed by atoms with Crippen LogP contribution in [0.15, 0.2) is 72.8 Å². The van der Waals surface area contributed by atoms with Crippen molar-refractivity contribution in [3.8, 4) is 22.6 Å². The maximum atomic E-state index is 14.6. The summed E-state index contributed by atoms with van der Waals surface area (Å²) in [5.41, 5.74) is -1.84. The van der Waals surface area contributed by atoms with E-state index in [0.717, 1.165) is 36.0 Å². The van der Waals surface area contributed by atoms with Crippen LogP contribution < -0.4 is 57.3 Å². The van der Waals surface area contributed by atoms with Crippen LogP contribution in [0.5, 0.6) is 11.5 Å². The molecule has 1 aliphatic heterocycles. The van der Waals surface area contributed by atoms with Crippen LogP contribution in [-0.4, -0.2) is 169 Å². The van der Waals surface area contributed by atoms with Crippen LogP contribution in [0, 0.1) is 24.7 Å². The predicted octanol–water partition coefficient (Wildman–Crippen LogP) is 5.22. The standard InChI is InChI=1S/C69H103N11O12/c1-42(2)37-51(57(82)71-52(38-43(3)4)60(85)77-68(12,13)65(90)78-66(8,9)63(88)70-35-32-56(81)75-69(33-18-34-69)41-79(14)15)74-64(89)67(10,11)76-59(84)53(39-44(5)6)72-58(83)54(40-92-50-30-26-47(27-31-50)46-24-28-49(91-16)29-25-46)73-61(86)55-19-17-36-80(55)62(87)48-22-20-45(7)21-23-48/h20-31,42-44,51-55H,17-19,32-41H2,1-16H3,(H,70,88)(H,71,82)(H,72,83)(H,73,86)(H,74,89)(H,75,81)(H,76,84)(H,77,85)(H,78,90)/t51-,52-,53-,54-,55-/m0/s1. The van der Waals surface area contributed by atoms with Gasteiger partial charge in [-0.2, -0.15) is 0 Å². The molecule has 2 fully saturated rings. The molecule has 0 aromatic heterocycles. The quantitative estimate of drug-likeness (QED) is 0.0378. The van der Waals surface area contributed by atoms with Crippen molar-refractivity contribution in [2.24, 2.45) is 17.8 Å². The Morgan fingerprint density at radius 1 is 0.576 bits per heavy atom. The van der Waals surface area contributed by atoms with Gasteiger partial charge in [-0.25, -0.2) is 0 Å². The number of nitrogens with zero attached hydrogens (tertiary/aromatic N) is 2. The molecule has 9 N–H and O–H groups in total. The molecule has 5 rings (SSSR count). The molecule has 0 unspecified atom stereocenters. The highest BCUT2D eigenvalue weighted by Crippen LogP contribution is 2.32. The molecule has 10 amide bonds. The highest BCUT2D eigenvalue weighted by molar-refractivity contribution is 6.01. The largest absolute Gasteiger partial charge is 0.497 e. The highest BCUT2D eigenvalue weighted by atomic mass is 16.5. The topological polar surface area (TPSA) is 304 Å². The number of aryl methyl sites for hydroxylation is 1. The van der Waals surface area contributed by atoms with E-state index in [2.05, 4.69) is 47.9 Å². The molecule has 2 aliphatic rings. The number of likely N-dealkylation sites (tertiary alicyclic amines) is 1. The monoisotopic (exact) mass is 1280 g/mol. The van der Waals surface area contributed by atoms with Gasteiger partial charge in [-0.15, -0.1) is 0 Å². The number of benzene rings is 3. The lowest BCUT2D eigenvalue weighted by molar-refractivity contribution is -0.139. The first kappa shape index (κ1) is 74.6. The van der Waals surface area contributed by atoms with Crippen LogP contribution in [0.3, 0.4) is 0 Å². The summed E-state index contributed by atoms with van der Waals surface area (Å²) in [6, 6.07) is 15.8. The number of hydrogen-bond donors (Lipinski definition) is 9. The summed E-state index contributed by atoms with van der Waals surface area (Å²) in [6.45, 7) is 22.6. The average Bonchev–Trinajstić information content (AvgIpc) is 1.35. The SMILES string of the molecule is COc1ccc(-c2ccc(OC[C@H](NC(=O)[C@@H]3CCCN3C(=O)c3ccc(C)cc3)C(=O)N[C@@H](CC(C)C)C(=O)NC(C)(C)C(=O)N[C@@H](CC(C)C)C(=O)N[C@@H](CC(C)C)C(=O)NC(C)(C)C(=O)NC(C)(C)C(=O)NCCC(=O)NC3(CN(C)C)CCC3)cc2)cc1. The molecule has 1 saturated carbocycles. The lowest BCUT2D eigenvalue weighted by Crippen LogP contribution is -2.65. The van der Waals surface area contributed by atoms with Gasteiger partial charge in [-0.1, -0.05) is 83.5 Å². The second-order valence-corrected chi connectivity index (χ2v) is 27.9. The summed E-state index contributed by atoms with van der Waals surface area (Å²) in [5.74, 6) is -5.32. The average molecular weight is 1280 g/mol. The minimum Gasteiger partial charge on any atom is -0.497 e. The molecule has 0 spiro atoms. The fourth-order valence-electron chi connectivity index (χ4n) is 11.1. The van der Waals surface area contributed by atoms with Gasteiger partial charge in [0.25, 0.3) is 5.91 Å². The Bertz CT molecular complexity index is 3050. The molecule has 0 radical (unpaired) electrons. The van der Waals surface area contributed by atoms with E-state index in [1.807, 2.05) is 116 Å². The Labute approximate surface area is 543 Å². The Morgan fingerprint density at radius 3 is 1.53 bits per heavy atom. The van der Waals surface area contributed by atoms with E-state index in [1.54, 1.807) is 31.4 Å². The molecular formula is C69H103N11O12. The van der Waals surface area contributed by atoms with Gasteiger partial charge in [0.05, 0.1) is 12.6 Å². The molecule has 3 aromatic rings. The first-order valence-electron chi connectivity index (χ1n) is 32.2. The van der Waals surface area contributed by atoms with Crippen molar-refractivity contribution in [3.63, 3.8) is 0 Å². The summed E-state index contributed by atoms with van der Waals surface area (Å²) >= 11 is 0. The van der Waals surface area contributed by atoms with E-state index < -0.39 is 94.1 Å². The Morgan fingerprint density at radius 2 is 1.05 bits per heavy atom. The smallest absolute Gasteiger partial charge is 0.254 e. The molecule has 23 heteroatoms. The first-order valence-corrected chi connectivity index (χ1v) is 32.2. The maximum absolute atomic E-state index is 14.6. The number of likely N-dealkylation sites (N-methyl/N-ethyl adjacent to an activating group) is 1. The second kappa shape index (κ2) is 33.0. The Balaban J connectivity index is 1.26. The van der Waals surface area contributed by atoms with Crippen molar-refractivity contribution in [2.45, 2.75) is 200 Å². The van der Waals surface area contributed by atoms with Gasteiger partial charge in [0.15, 0.2) is 0 Å². The lowest BCUT2D eigenvalue weighted by Gasteiger charge is -2.44. The molecule has 23 nitrogen and oxygen atoms in total. The fraction of sp³-hybridized carbons (Fsp3) is 0.594. The number of amides is 10. The van der Waals surface area contributed by atoms with Gasteiger partial charge in [0, 0.05) is 31.6 Å². The van der Waals surface area contributed by atoms with Crippen LogP contribution in [0.4, 0.5) is 0 Å². The van der Waals surface area contributed by atoms with E-state index in [0.29, 0.717) is 43.0 Å². The number of carbonyl (C=O) groups excluding carboxylic acids is 10. The van der Waals surface area contributed by atoms with Gasteiger partial charge in [0.2, 0.25) is 53.2 Å². The second-order valence-electron chi connectivity index (χ2n) is 27.9. The predicted molar refractivity (Wildman–Crippen MR) is 353 cm³/mol. The zero-order valence-corrected chi connectivity index (χ0v) is 57.0. The van der Waals surface area contributed by atoms with E-state index in [-0.39, 0.29) is 73.9 Å². The van der Waals surface area contributed by atoms with Gasteiger partial charge in [0.1, 0.15) is 64.9 Å². The third-order valence-corrected chi connectivity index (χ3v) is 16.4. The minimum absolute atomic E-state index is 0.0378. The maximum Gasteiger partial charge on any atom is 0.254 e. The molecule has 3 aromatic carbocycles. The third kappa shape index (κ3) is 22.1. The van der Waals surface area contributed by atoms with E-state index in [9.17, 15) is 47.9 Å². The van der Waals surface area contributed by atoms with E-state index >= 15 is 0 Å². The molecule has 506 valence electrons. The normalized spacial score (nSPS) is 16.0. The summed E-state index contributed by atoms with van der Waals surface area (Å²) in [5, 5.41) is 25.3. The van der Waals surface area contributed by atoms with Crippen LogP contribution in [-0.2, 0) is 43.2 Å². The number of hydrogen-bond acceptors (Lipinski definition) is 13. The van der Waals surface area contributed by atoms with Crippen molar-refractivity contribution in [2.75, 3.05) is 47.4 Å². The number of carbonyl (C=O) groups is 10. The minimum atomic E-state index is -1.70. The molecular weight excluding hydrogens is 1170 g/mol. The highest BCUT2D eigenvalue weighted by Gasteiger charge is 2.43. The number of rotatable bonds is 33. The van der Waals surface area contributed by atoms with Crippen LogP contribution in [0.1, 0.15) is 157 Å². The van der Waals surface area contributed by atoms with Gasteiger partial charge in [-0.3, -0.25) is 47.9 Å². The summed E-state index contributed by atoms with van der Waals surface area (Å²) in [6.07, 6.45) is 4.10.